The molecule has 8 nitrogen and oxygen atoms in total. The van der Waals surface area contributed by atoms with E-state index in [1.54, 1.807) is 0 Å². The molecule has 24 heavy (non-hydrogen) atoms. The Morgan fingerprint density at radius 2 is 1.92 bits per heavy atom. The lowest BCUT2D eigenvalue weighted by Gasteiger charge is -2.22. The molecule has 0 saturated heterocycles. The topological polar surface area (TPSA) is 118 Å². The third kappa shape index (κ3) is 6.32. The lowest BCUT2D eigenvalue weighted by atomic mass is 9.95. The minimum Gasteiger partial charge on any atom is -0.455 e. The summed E-state index contributed by atoms with van der Waals surface area (Å²) in [4.78, 5) is 23.8. The summed E-state index contributed by atoms with van der Waals surface area (Å²) < 4.78 is 29.5. The number of nitrogens with one attached hydrogen (secondary N) is 3. The molecule has 0 atom stereocenters. The van der Waals surface area contributed by atoms with Crippen molar-refractivity contribution in [2.24, 2.45) is 0 Å². The molecule has 9 heteroatoms. The molecule has 1 heterocycles. The van der Waals surface area contributed by atoms with Crippen LogP contribution in [-0.4, -0.2) is 39.1 Å². The summed E-state index contributed by atoms with van der Waals surface area (Å²) in [7, 11) is -3.33. The van der Waals surface area contributed by atoms with Gasteiger partial charge in [0.15, 0.2) is 5.76 Å². The van der Waals surface area contributed by atoms with E-state index in [0.29, 0.717) is 5.76 Å². The zero-order valence-corrected chi connectivity index (χ0v) is 14.4. The lowest BCUT2D eigenvalue weighted by molar-refractivity contribution is -0.121. The van der Waals surface area contributed by atoms with Crippen molar-refractivity contribution in [3.8, 4) is 0 Å². The van der Waals surface area contributed by atoms with E-state index in [1.165, 1.54) is 18.6 Å². The van der Waals surface area contributed by atoms with Crippen LogP contribution in [-0.2, 0) is 21.4 Å². The number of rotatable bonds is 7. The van der Waals surface area contributed by atoms with Crippen LogP contribution in [0, 0.1) is 0 Å². The minimum atomic E-state index is -3.33. The second kappa shape index (κ2) is 8.29. The molecule has 0 radical (unpaired) electrons. The average molecular weight is 357 g/mol. The van der Waals surface area contributed by atoms with Gasteiger partial charge in [-0.2, -0.15) is 0 Å². The molecule has 2 rings (SSSR count). The van der Waals surface area contributed by atoms with Gasteiger partial charge in [-0.05, 0) is 25.0 Å². The molecular formula is C15H23N3O5S. The Hall–Kier alpha value is -1.87. The van der Waals surface area contributed by atoms with Gasteiger partial charge in [-0.1, -0.05) is 19.3 Å². The highest BCUT2D eigenvalue weighted by molar-refractivity contribution is 7.88. The number of furan rings is 1. The molecule has 1 aliphatic rings. The number of sulfonamides is 1. The first kappa shape index (κ1) is 18.5. The summed E-state index contributed by atoms with van der Waals surface area (Å²) in [5.41, 5.74) is 0. The van der Waals surface area contributed by atoms with E-state index in [2.05, 4.69) is 15.4 Å². The van der Waals surface area contributed by atoms with Crippen molar-refractivity contribution < 1.29 is 22.4 Å². The van der Waals surface area contributed by atoms with Crippen LogP contribution in [0.15, 0.2) is 16.5 Å². The molecule has 3 N–H and O–H groups in total. The SMILES string of the molecule is CS(=O)(=O)NCc1ccc(C(=O)NCC(=O)NC2CCCCC2)o1. The molecule has 1 saturated carbocycles. The van der Waals surface area contributed by atoms with Crippen molar-refractivity contribution in [1.82, 2.24) is 15.4 Å². The predicted molar refractivity (Wildman–Crippen MR) is 87.7 cm³/mol. The van der Waals surface area contributed by atoms with Crippen LogP contribution >= 0.6 is 0 Å². The van der Waals surface area contributed by atoms with Gasteiger partial charge in [0.2, 0.25) is 15.9 Å². The Labute approximate surface area is 141 Å². The standard InChI is InChI=1S/C15H23N3O5S/c1-24(21,22)17-9-12-7-8-13(23-12)15(20)16-10-14(19)18-11-5-3-2-4-6-11/h7-8,11,17H,2-6,9-10H2,1H3,(H,16,20)(H,18,19). The minimum absolute atomic E-state index is 0.0331. The first-order valence-corrected chi connectivity index (χ1v) is 9.83. The van der Waals surface area contributed by atoms with E-state index < -0.39 is 15.9 Å². The van der Waals surface area contributed by atoms with Crippen LogP contribution in [0.4, 0.5) is 0 Å². The van der Waals surface area contributed by atoms with E-state index in [-0.39, 0.29) is 30.8 Å². The van der Waals surface area contributed by atoms with Crippen LogP contribution < -0.4 is 15.4 Å². The number of amides is 2. The van der Waals surface area contributed by atoms with Gasteiger partial charge < -0.3 is 15.1 Å². The van der Waals surface area contributed by atoms with Crippen molar-refractivity contribution in [2.75, 3.05) is 12.8 Å². The maximum atomic E-state index is 11.9. The van der Waals surface area contributed by atoms with E-state index >= 15 is 0 Å². The normalized spacial score (nSPS) is 15.9. The number of carbonyl (C=O) groups is 2. The fourth-order valence-corrected chi connectivity index (χ4v) is 2.97. The summed E-state index contributed by atoms with van der Waals surface area (Å²) in [6, 6.07) is 3.14. The van der Waals surface area contributed by atoms with Gasteiger partial charge in [0.05, 0.1) is 19.3 Å². The largest absolute Gasteiger partial charge is 0.455 e. The molecule has 1 aromatic rings. The molecule has 134 valence electrons. The molecule has 0 aromatic carbocycles. The fourth-order valence-electron chi connectivity index (χ4n) is 2.57. The first-order valence-electron chi connectivity index (χ1n) is 7.94. The lowest BCUT2D eigenvalue weighted by Crippen LogP contribution is -2.42. The van der Waals surface area contributed by atoms with Gasteiger partial charge in [0.1, 0.15) is 5.76 Å². The molecule has 0 bridgehead atoms. The van der Waals surface area contributed by atoms with Crippen LogP contribution in [0.1, 0.15) is 48.4 Å². The molecule has 0 aliphatic heterocycles. The van der Waals surface area contributed by atoms with Crippen LogP contribution in [0.3, 0.4) is 0 Å². The van der Waals surface area contributed by atoms with Gasteiger partial charge in [-0.15, -0.1) is 0 Å². The van der Waals surface area contributed by atoms with E-state index in [1.807, 2.05) is 0 Å². The van der Waals surface area contributed by atoms with Crippen LogP contribution in [0.2, 0.25) is 0 Å². The average Bonchev–Trinajstić information content (AvgIpc) is 3.00. The molecular weight excluding hydrogens is 334 g/mol. The van der Waals surface area contributed by atoms with E-state index in [9.17, 15) is 18.0 Å². The number of carbonyl (C=O) groups excluding carboxylic acids is 2. The summed E-state index contributed by atoms with van der Waals surface area (Å²) in [6.45, 7) is -0.152. The van der Waals surface area contributed by atoms with Crippen molar-refractivity contribution in [1.29, 1.82) is 0 Å². The molecule has 0 unspecified atom stereocenters. The highest BCUT2D eigenvalue weighted by Crippen LogP contribution is 2.17. The molecule has 1 aliphatic carbocycles. The van der Waals surface area contributed by atoms with Gasteiger partial charge in [-0.25, -0.2) is 13.1 Å². The fraction of sp³-hybridized carbons (Fsp3) is 0.600. The Morgan fingerprint density at radius 1 is 1.21 bits per heavy atom. The number of hydrogen-bond donors (Lipinski definition) is 3. The third-order valence-electron chi connectivity index (χ3n) is 3.77. The van der Waals surface area contributed by atoms with Gasteiger partial charge in [0, 0.05) is 6.04 Å². The maximum absolute atomic E-state index is 11.9. The molecule has 0 spiro atoms. The zero-order valence-electron chi connectivity index (χ0n) is 13.6. The Balaban J connectivity index is 1.75. The summed E-state index contributed by atoms with van der Waals surface area (Å²) in [5, 5.41) is 5.40. The second-order valence-corrected chi connectivity index (χ2v) is 7.78. The van der Waals surface area contributed by atoms with Gasteiger partial charge in [0.25, 0.3) is 5.91 Å². The maximum Gasteiger partial charge on any atom is 0.287 e. The van der Waals surface area contributed by atoms with Gasteiger partial charge in [-0.3, -0.25) is 9.59 Å². The van der Waals surface area contributed by atoms with Crippen molar-refractivity contribution in [2.45, 2.75) is 44.7 Å². The Bertz CT molecular complexity index is 677. The zero-order chi connectivity index (χ0) is 17.6. The van der Waals surface area contributed by atoms with Crippen molar-refractivity contribution in [3.05, 3.63) is 23.7 Å². The van der Waals surface area contributed by atoms with Crippen molar-refractivity contribution >= 4 is 21.8 Å². The third-order valence-corrected chi connectivity index (χ3v) is 4.44. The van der Waals surface area contributed by atoms with Crippen LogP contribution in [0.25, 0.3) is 0 Å². The molecule has 1 fully saturated rings. The van der Waals surface area contributed by atoms with Crippen molar-refractivity contribution in [3.63, 3.8) is 0 Å². The second-order valence-electron chi connectivity index (χ2n) is 5.94. The first-order chi connectivity index (χ1) is 11.3. The number of hydrogen-bond acceptors (Lipinski definition) is 5. The summed E-state index contributed by atoms with van der Waals surface area (Å²) in [6.07, 6.45) is 6.44. The van der Waals surface area contributed by atoms with E-state index in [0.717, 1.165) is 31.9 Å². The Kier molecular flexibility index (Phi) is 6.38. The highest BCUT2D eigenvalue weighted by Gasteiger charge is 2.17. The molecule has 2 amide bonds. The van der Waals surface area contributed by atoms with Crippen LogP contribution in [0.5, 0.6) is 0 Å². The smallest absolute Gasteiger partial charge is 0.287 e. The van der Waals surface area contributed by atoms with Gasteiger partial charge >= 0.3 is 0 Å². The highest BCUT2D eigenvalue weighted by atomic mass is 32.2. The predicted octanol–water partition coefficient (Wildman–Crippen LogP) is 0.508. The Morgan fingerprint density at radius 3 is 2.58 bits per heavy atom. The summed E-state index contributed by atoms with van der Waals surface area (Å²) in [5.74, 6) is -0.386. The van der Waals surface area contributed by atoms with E-state index in [4.69, 9.17) is 4.42 Å². The molecule has 1 aromatic heterocycles. The summed E-state index contributed by atoms with van der Waals surface area (Å²) >= 11 is 0. The monoisotopic (exact) mass is 357 g/mol. The quantitative estimate of drug-likeness (QED) is 0.657.